The Balaban J connectivity index is 1.54. The molecule has 0 atom stereocenters. The Labute approximate surface area is 125 Å². The molecule has 4 heteroatoms. The second-order valence-electron chi connectivity index (χ2n) is 7.36. The van der Waals surface area contributed by atoms with Gasteiger partial charge in [0.25, 0.3) is 5.69 Å². The molecule has 5 rings (SSSR count). The maximum atomic E-state index is 10.9. The number of nitrogens with one attached hydrogen (secondary N) is 1. The Morgan fingerprint density at radius 1 is 1.10 bits per heavy atom. The zero-order valence-electron chi connectivity index (χ0n) is 12.4. The van der Waals surface area contributed by atoms with Crippen LogP contribution in [0.3, 0.4) is 0 Å². The lowest BCUT2D eigenvalue weighted by Gasteiger charge is -2.54. The molecule has 0 saturated heterocycles. The highest BCUT2D eigenvalue weighted by Gasteiger charge is 2.48. The topological polar surface area (TPSA) is 55.2 Å². The summed E-state index contributed by atoms with van der Waals surface area (Å²) in [5.74, 6) is 3.58. The van der Waals surface area contributed by atoms with E-state index >= 15 is 0 Å². The maximum absolute atomic E-state index is 10.9. The molecule has 0 radical (unpaired) electrons. The van der Waals surface area contributed by atoms with Gasteiger partial charge in [-0.3, -0.25) is 10.1 Å². The van der Waals surface area contributed by atoms with Crippen molar-refractivity contribution in [3.63, 3.8) is 0 Å². The molecule has 0 aliphatic heterocycles. The van der Waals surface area contributed by atoms with Crippen molar-refractivity contribution >= 4 is 11.4 Å². The number of nitro groups is 1. The quantitative estimate of drug-likeness (QED) is 0.671. The summed E-state index contributed by atoms with van der Waals surface area (Å²) in [6, 6.07) is 6.02. The predicted octanol–water partition coefficient (Wildman–Crippen LogP) is 4.14. The van der Waals surface area contributed by atoms with Gasteiger partial charge < -0.3 is 5.32 Å². The lowest BCUT2D eigenvalue weighted by molar-refractivity contribution is -0.385. The summed E-state index contributed by atoms with van der Waals surface area (Å²) in [4.78, 5) is 10.6. The van der Waals surface area contributed by atoms with Crippen molar-refractivity contribution in [2.75, 3.05) is 5.32 Å². The van der Waals surface area contributed by atoms with Gasteiger partial charge in [0, 0.05) is 23.4 Å². The third kappa shape index (κ3) is 2.21. The van der Waals surface area contributed by atoms with Crippen LogP contribution in [0.25, 0.3) is 0 Å². The molecule has 0 spiro atoms. The molecule has 4 saturated carbocycles. The van der Waals surface area contributed by atoms with Crippen LogP contribution in [-0.4, -0.2) is 11.0 Å². The molecule has 21 heavy (non-hydrogen) atoms. The van der Waals surface area contributed by atoms with Gasteiger partial charge in [-0.15, -0.1) is 0 Å². The van der Waals surface area contributed by atoms with Gasteiger partial charge in [-0.2, -0.15) is 0 Å². The number of anilines is 1. The largest absolute Gasteiger partial charge is 0.382 e. The van der Waals surface area contributed by atoms with E-state index in [1.54, 1.807) is 6.07 Å². The van der Waals surface area contributed by atoms with E-state index in [9.17, 15) is 10.1 Å². The third-order valence-corrected chi connectivity index (χ3v) is 5.95. The molecule has 0 heterocycles. The Kier molecular flexibility index (Phi) is 2.95. The van der Waals surface area contributed by atoms with E-state index in [1.807, 2.05) is 19.1 Å². The molecule has 4 bridgehead atoms. The summed E-state index contributed by atoms with van der Waals surface area (Å²) in [7, 11) is 0. The molecular formula is C17H22N2O2. The zero-order valence-corrected chi connectivity index (χ0v) is 12.4. The standard InChI is InChI=1S/C17H22N2O2/c1-10-4-15(2-3-16(10)19(20)21)18-17-13-6-11-5-12(8-13)9-14(17)7-11/h2-4,11-14,17-18H,5-9H2,1H3. The highest BCUT2D eigenvalue weighted by atomic mass is 16.6. The van der Waals surface area contributed by atoms with Gasteiger partial charge in [-0.05, 0) is 74.8 Å². The first-order valence-electron chi connectivity index (χ1n) is 8.11. The Hall–Kier alpha value is -1.58. The maximum Gasteiger partial charge on any atom is 0.272 e. The minimum atomic E-state index is -0.304. The van der Waals surface area contributed by atoms with Crippen molar-refractivity contribution in [2.45, 2.75) is 45.1 Å². The Bertz CT molecular complexity index is 556. The number of nitro benzene ring substituents is 1. The molecule has 0 amide bonds. The number of rotatable bonds is 3. The van der Waals surface area contributed by atoms with E-state index in [0.717, 1.165) is 34.9 Å². The van der Waals surface area contributed by atoms with E-state index in [2.05, 4.69) is 5.32 Å². The van der Waals surface area contributed by atoms with Crippen LogP contribution < -0.4 is 5.32 Å². The van der Waals surface area contributed by atoms with Crippen molar-refractivity contribution in [3.05, 3.63) is 33.9 Å². The lowest BCUT2D eigenvalue weighted by Crippen LogP contribution is -2.51. The van der Waals surface area contributed by atoms with Crippen LogP contribution in [-0.2, 0) is 0 Å². The highest BCUT2D eigenvalue weighted by molar-refractivity contribution is 5.54. The van der Waals surface area contributed by atoms with E-state index in [4.69, 9.17) is 0 Å². The number of hydrogen-bond donors (Lipinski definition) is 1. The van der Waals surface area contributed by atoms with E-state index in [1.165, 1.54) is 32.1 Å². The number of benzene rings is 1. The van der Waals surface area contributed by atoms with Crippen molar-refractivity contribution in [1.82, 2.24) is 0 Å². The van der Waals surface area contributed by atoms with E-state index in [-0.39, 0.29) is 10.6 Å². The second kappa shape index (κ2) is 4.72. The summed E-state index contributed by atoms with van der Waals surface area (Å²) in [6.45, 7) is 1.82. The molecule has 4 aliphatic rings. The number of nitrogens with zero attached hydrogens (tertiary/aromatic N) is 1. The smallest absolute Gasteiger partial charge is 0.272 e. The number of hydrogen-bond acceptors (Lipinski definition) is 3. The van der Waals surface area contributed by atoms with Crippen LogP contribution in [0.5, 0.6) is 0 Å². The van der Waals surface area contributed by atoms with Crippen molar-refractivity contribution < 1.29 is 4.92 Å². The first-order valence-corrected chi connectivity index (χ1v) is 8.11. The minimum absolute atomic E-state index is 0.214. The monoisotopic (exact) mass is 286 g/mol. The fraction of sp³-hybridized carbons (Fsp3) is 0.647. The molecular weight excluding hydrogens is 264 g/mol. The fourth-order valence-corrected chi connectivity index (χ4v) is 5.30. The molecule has 1 aromatic carbocycles. The first kappa shape index (κ1) is 13.1. The zero-order chi connectivity index (χ0) is 14.6. The molecule has 4 nitrogen and oxygen atoms in total. The average Bonchev–Trinajstić information content (AvgIpc) is 2.41. The van der Waals surface area contributed by atoms with Gasteiger partial charge in [0.2, 0.25) is 0 Å². The first-order chi connectivity index (χ1) is 10.1. The van der Waals surface area contributed by atoms with Gasteiger partial charge in [0.05, 0.1) is 4.92 Å². The lowest BCUT2D eigenvalue weighted by atomic mass is 9.54. The molecule has 1 N–H and O–H groups in total. The van der Waals surface area contributed by atoms with Crippen molar-refractivity contribution in [2.24, 2.45) is 23.7 Å². The van der Waals surface area contributed by atoms with Crippen LogP contribution in [0.2, 0.25) is 0 Å². The van der Waals surface area contributed by atoms with Crippen LogP contribution >= 0.6 is 0 Å². The van der Waals surface area contributed by atoms with Gasteiger partial charge in [-0.25, -0.2) is 0 Å². The summed E-state index contributed by atoms with van der Waals surface area (Å²) in [6.07, 6.45) is 7.01. The molecule has 0 aromatic heterocycles. The van der Waals surface area contributed by atoms with Crippen LogP contribution in [0.15, 0.2) is 18.2 Å². The normalized spacial score (nSPS) is 36.7. The summed E-state index contributed by atoms with van der Waals surface area (Å²) in [5.41, 5.74) is 2.01. The summed E-state index contributed by atoms with van der Waals surface area (Å²) >= 11 is 0. The van der Waals surface area contributed by atoms with E-state index in [0.29, 0.717) is 6.04 Å². The van der Waals surface area contributed by atoms with Gasteiger partial charge >= 0.3 is 0 Å². The molecule has 1 aromatic rings. The van der Waals surface area contributed by atoms with Crippen molar-refractivity contribution in [3.8, 4) is 0 Å². The average molecular weight is 286 g/mol. The minimum Gasteiger partial charge on any atom is -0.382 e. The highest BCUT2D eigenvalue weighted by Crippen LogP contribution is 2.54. The van der Waals surface area contributed by atoms with Gasteiger partial charge in [0.15, 0.2) is 0 Å². The van der Waals surface area contributed by atoms with E-state index < -0.39 is 0 Å². The SMILES string of the molecule is Cc1cc(NC2C3CC4CC(C3)CC2C4)ccc1[N+](=O)[O-]. The van der Waals surface area contributed by atoms with Gasteiger partial charge in [-0.1, -0.05) is 0 Å². The molecule has 4 aliphatic carbocycles. The van der Waals surface area contributed by atoms with Crippen LogP contribution in [0.1, 0.15) is 37.7 Å². The number of aryl methyl sites for hydroxylation is 1. The fourth-order valence-electron chi connectivity index (χ4n) is 5.30. The Morgan fingerprint density at radius 2 is 1.71 bits per heavy atom. The van der Waals surface area contributed by atoms with Crippen LogP contribution in [0.4, 0.5) is 11.4 Å². The molecule has 112 valence electrons. The summed E-state index contributed by atoms with van der Waals surface area (Å²) < 4.78 is 0. The van der Waals surface area contributed by atoms with Gasteiger partial charge in [0.1, 0.15) is 0 Å². The third-order valence-electron chi connectivity index (χ3n) is 5.95. The van der Waals surface area contributed by atoms with Crippen LogP contribution in [0, 0.1) is 40.7 Å². The predicted molar refractivity (Wildman–Crippen MR) is 82.3 cm³/mol. The van der Waals surface area contributed by atoms with Crippen molar-refractivity contribution in [1.29, 1.82) is 0 Å². The molecule has 0 unspecified atom stereocenters. The summed E-state index contributed by atoms with van der Waals surface area (Å²) in [5, 5.41) is 14.6. The molecule has 4 fully saturated rings. The Morgan fingerprint density at radius 3 is 2.24 bits per heavy atom. The second-order valence-corrected chi connectivity index (χ2v) is 7.36.